The van der Waals surface area contributed by atoms with Gasteiger partial charge in [-0.25, -0.2) is 0 Å². The lowest BCUT2D eigenvalue weighted by Gasteiger charge is -2.18. The molecule has 0 aromatic heterocycles. The van der Waals surface area contributed by atoms with Gasteiger partial charge in [-0.3, -0.25) is 14.4 Å². The lowest BCUT2D eigenvalue weighted by atomic mass is 9.99. The van der Waals surface area contributed by atoms with E-state index < -0.39 is 6.10 Å². The van der Waals surface area contributed by atoms with E-state index in [1.807, 2.05) is 0 Å². The number of hydrogen-bond donors (Lipinski definition) is 0. The van der Waals surface area contributed by atoms with Gasteiger partial charge < -0.3 is 14.2 Å². The number of hydrogen-bond acceptors (Lipinski definition) is 6. The molecule has 0 N–H and O–H groups in total. The smallest absolute Gasteiger partial charge is 0.306 e. The molecule has 0 bridgehead atoms. The van der Waals surface area contributed by atoms with Crippen LogP contribution < -0.4 is 0 Å². The normalized spacial score (nSPS) is 12.6. The fourth-order valence-corrected chi connectivity index (χ4v) is 8.79. The van der Waals surface area contributed by atoms with Crippen LogP contribution in [0.1, 0.15) is 318 Å². The molecule has 0 heterocycles. The van der Waals surface area contributed by atoms with E-state index in [4.69, 9.17) is 14.2 Å². The predicted octanol–water partition coefficient (Wildman–Crippen LogP) is 18.7. The zero-order valence-electron chi connectivity index (χ0n) is 44.1. The minimum atomic E-state index is -0.764. The summed E-state index contributed by atoms with van der Waals surface area (Å²) in [5, 5.41) is 0. The maximum Gasteiger partial charge on any atom is 0.306 e. The molecule has 2 atom stereocenters. The third-order valence-corrected chi connectivity index (χ3v) is 13.5. The van der Waals surface area contributed by atoms with E-state index in [-0.39, 0.29) is 31.1 Å². The minimum absolute atomic E-state index is 0.0638. The molecule has 0 aliphatic carbocycles. The molecule has 6 heteroatoms. The Morgan fingerprint density at radius 3 is 0.812 bits per heavy atom. The zero-order chi connectivity index (χ0) is 47.0. The van der Waals surface area contributed by atoms with E-state index in [1.165, 1.54) is 199 Å². The second kappa shape index (κ2) is 49.3. The molecule has 0 rings (SSSR count). The van der Waals surface area contributed by atoms with Gasteiger partial charge in [0.05, 0.1) is 0 Å². The van der Waals surface area contributed by atoms with Gasteiger partial charge in [0, 0.05) is 19.3 Å². The zero-order valence-corrected chi connectivity index (χ0v) is 44.1. The first kappa shape index (κ1) is 62.4. The summed E-state index contributed by atoms with van der Waals surface area (Å²) in [6.07, 6.45) is 50.9. The van der Waals surface area contributed by atoms with Crippen molar-refractivity contribution >= 4 is 17.9 Å². The van der Waals surface area contributed by atoms with E-state index in [1.54, 1.807) is 0 Å². The second-order valence-electron chi connectivity index (χ2n) is 21.1. The van der Waals surface area contributed by atoms with Crippen LogP contribution in [0.25, 0.3) is 0 Å². The van der Waals surface area contributed by atoms with Crippen LogP contribution >= 0.6 is 0 Å². The highest BCUT2D eigenvalue weighted by Gasteiger charge is 2.19. The summed E-state index contributed by atoms with van der Waals surface area (Å²) in [4.78, 5) is 38.1. The molecular weight excluding hydrogens is 793 g/mol. The van der Waals surface area contributed by atoms with Crippen LogP contribution in [0.4, 0.5) is 0 Å². The van der Waals surface area contributed by atoms with Crippen molar-refractivity contribution in [3.63, 3.8) is 0 Å². The fourth-order valence-electron chi connectivity index (χ4n) is 8.79. The largest absolute Gasteiger partial charge is 0.462 e. The average Bonchev–Trinajstić information content (AvgIpc) is 3.27. The van der Waals surface area contributed by atoms with Crippen molar-refractivity contribution in [1.29, 1.82) is 0 Å². The molecule has 380 valence electrons. The van der Waals surface area contributed by atoms with Gasteiger partial charge in [0.1, 0.15) is 13.2 Å². The van der Waals surface area contributed by atoms with Crippen molar-refractivity contribution < 1.29 is 28.6 Å². The van der Waals surface area contributed by atoms with E-state index in [9.17, 15) is 14.4 Å². The summed E-state index contributed by atoms with van der Waals surface area (Å²) >= 11 is 0. The second-order valence-corrected chi connectivity index (χ2v) is 21.1. The standard InChI is InChI=1S/C58H112O6/c1-7-54(6)46-40-34-28-24-25-30-36-42-48-57(60)63-51-55(64-58(61)49-43-37-31-23-19-15-11-13-17-21-27-33-39-45-53(4)5)50-62-56(59)47-41-35-29-22-18-14-10-8-9-12-16-20-26-32-38-44-52(2)3/h52-55H,7-51H2,1-6H3/t54?,55-/m0/s1. The summed E-state index contributed by atoms with van der Waals surface area (Å²) in [5.41, 5.74) is 0. The van der Waals surface area contributed by atoms with E-state index >= 15 is 0 Å². The van der Waals surface area contributed by atoms with Crippen molar-refractivity contribution in [2.24, 2.45) is 17.8 Å². The van der Waals surface area contributed by atoms with Gasteiger partial charge in [-0.15, -0.1) is 0 Å². The fraction of sp³-hybridized carbons (Fsp3) is 0.948. The van der Waals surface area contributed by atoms with Crippen molar-refractivity contribution in [2.75, 3.05) is 13.2 Å². The number of esters is 3. The Hall–Kier alpha value is -1.59. The molecule has 0 aliphatic heterocycles. The molecule has 64 heavy (non-hydrogen) atoms. The Morgan fingerprint density at radius 1 is 0.312 bits per heavy atom. The summed E-state index contributed by atoms with van der Waals surface area (Å²) in [5.74, 6) is 1.69. The van der Waals surface area contributed by atoms with Crippen LogP contribution in [0.2, 0.25) is 0 Å². The average molecular weight is 906 g/mol. The monoisotopic (exact) mass is 905 g/mol. The van der Waals surface area contributed by atoms with Gasteiger partial charge in [-0.1, -0.05) is 279 Å². The number of carbonyl (C=O) groups is 3. The van der Waals surface area contributed by atoms with Gasteiger partial charge in [-0.2, -0.15) is 0 Å². The lowest BCUT2D eigenvalue weighted by Crippen LogP contribution is -2.30. The topological polar surface area (TPSA) is 78.9 Å². The van der Waals surface area contributed by atoms with Crippen LogP contribution in [0, 0.1) is 17.8 Å². The molecule has 0 radical (unpaired) electrons. The molecule has 0 fully saturated rings. The van der Waals surface area contributed by atoms with E-state index in [0.717, 1.165) is 75.5 Å². The first-order valence-electron chi connectivity index (χ1n) is 28.6. The van der Waals surface area contributed by atoms with Crippen molar-refractivity contribution in [1.82, 2.24) is 0 Å². The Morgan fingerprint density at radius 2 is 0.547 bits per heavy atom. The van der Waals surface area contributed by atoms with Crippen LogP contribution in [-0.2, 0) is 28.6 Å². The van der Waals surface area contributed by atoms with Crippen LogP contribution in [0.3, 0.4) is 0 Å². The Balaban J connectivity index is 4.29. The molecule has 1 unspecified atom stereocenters. The Labute approximate surface area is 399 Å². The van der Waals surface area contributed by atoms with E-state index in [2.05, 4.69) is 41.5 Å². The number of ether oxygens (including phenoxy) is 3. The molecule has 0 saturated carbocycles. The third kappa shape index (κ3) is 49.8. The summed E-state index contributed by atoms with van der Waals surface area (Å²) in [6, 6.07) is 0. The lowest BCUT2D eigenvalue weighted by molar-refractivity contribution is -0.167. The molecule has 6 nitrogen and oxygen atoms in total. The van der Waals surface area contributed by atoms with Crippen molar-refractivity contribution in [3.05, 3.63) is 0 Å². The molecule has 0 spiro atoms. The van der Waals surface area contributed by atoms with E-state index in [0.29, 0.717) is 19.3 Å². The summed E-state index contributed by atoms with van der Waals surface area (Å²) < 4.78 is 16.9. The van der Waals surface area contributed by atoms with Gasteiger partial charge >= 0.3 is 17.9 Å². The van der Waals surface area contributed by atoms with Gasteiger partial charge in [0.15, 0.2) is 6.10 Å². The summed E-state index contributed by atoms with van der Waals surface area (Å²) in [6.45, 7) is 13.8. The summed E-state index contributed by atoms with van der Waals surface area (Å²) in [7, 11) is 0. The number of unbranched alkanes of at least 4 members (excludes halogenated alkanes) is 33. The highest BCUT2D eigenvalue weighted by molar-refractivity contribution is 5.71. The van der Waals surface area contributed by atoms with Gasteiger partial charge in [0.25, 0.3) is 0 Å². The van der Waals surface area contributed by atoms with Crippen LogP contribution in [-0.4, -0.2) is 37.2 Å². The molecule has 0 saturated heterocycles. The third-order valence-electron chi connectivity index (χ3n) is 13.5. The number of carbonyl (C=O) groups excluding carboxylic acids is 3. The highest BCUT2D eigenvalue weighted by Crippen LogP contribution is 2.19. The first-order chi connectivity index (χ1) is 31.1. The van der Waals surface area contributed by atoms with Crippen molar-refractivity contribution in [3.8, 4) is 0 Å². The molecule has 0 aromatic carbocycles. The number of rotatable bonds is 51. The SMILES string of the molecule is CCC(C)CCCCCCCCCCC(=O)OC[C@H](COC(=O)CCCCCCCCCCCCCCCCCC(C)C)OC(=O)CCCCCCCCCCCCCCCC(C)C. The quantitative estimate of drug-likeness (QED) is 0.0344. The van der Waals surface area contributed by atoms with Crippen LogP contribution in [0.15, 0.2) is 0 Å². The van der Waals surface area contributed by atoms with Crippen molar-refractivity contribution in [2.45, 2.75) is 324 Å². The molecule has 0 aromatic rings. The maximum absolute atomic E-state index is 12.8. The minimum Gasteiger partial charge on any atom is -0.462 e. The Kier molecular flexibility index (Phi) is 48.1. The predicted molar refractivity (Wildman–Crippen MR) is 275 cm³/mol. The Bertz CT molecular complexity index is 993. The van der Waals surface area contributed by atoms with Crippen LogP contribution in [0.5, 0.6) is 0 Å². The first-order valence-corrected chi connectivity index (χ1v) is 28.6. The maximum atomic E-state index is 12.8. The molecule has 0 aliphatic rings. The highest BCUT2D eigenvalue weighted by atomic mass is 16.6. The van der Waals surface area contributed by atoms with Gasteiger partial charge in [0.2, 0.25) is 0 Å². The van der Waals surface area contributed by atoms with Gasteiger partial charge in [-0.05, 0) is 37.0 Å². The molecule has 0 amide bonds. The molecular formula is C58H112O6.